The van der Waals surface area contributed by atoms with E-state index < -0.39 is 6.04 Å². The van der Waals surface area contributed by atoms with Gasteiger partial charge in [0.25, 0.3) is 0 Å². The first-order valence-electron chi connectivity index (χ1n) is 14.2. The number of anilines is 1. The number of para-hydroxylation sites is 1. The number of fused-ring (bicyclic) bond motifs is 3. The van der Waals surface area contributed by atoms with E-state index in [1.165, 1.54) is 0 Å². The van der Waals surface area contributed by atoms with Crippen LogP contribution in [-0.4, -0.2) is 48.5 Å². The van der Waals surface area contributed by atoms with Crippen molar-refractivity contribution in [2.45, 2.75) is 25.0 Å². The molecule has 0 radical (unpaired) electrons. The van der Waals surface area contributed by atoms with E-state index in [0.29, 0.717) is 23.5 Å². The summed E-state index contributed by atoms with van der Waals surface area (Å²) >= 11 is 0. The summed E-state index contributed by atoms with van der Waals surface area (Å²) in [7, 11) is 0. The summed E-state index contributed by atoms with van der Waals surface area (Å²) in [5.41, 5.74) is 4.64. The SMILES string of the molecule is O=C(C[N+]12CCC(CC1)[C@@H](OC(=O)C(Nc1ccccc1)c1ccccc1)C2)c1cccc(-c2ccccc2)c1. The number of ether oxygens (including phenoxy) is 1. The summed E-state index contributed by atoms with van der Waals surface area (Å²) in [6, 6.07) is 37.0. The molecule has 5 nitrogen and oxygen atoms in total. The number of carbonyl (C=O) groups is 2. The van der Waals surface area contributed by atoms with Crippen molar-refractivity contribution >= 4 is 17.4 Å². The van der Waals surface area contributed by atoms with Crippen molar-refractivity contribution in [3.05, 3.63) is 126 Å². The molecule has 0 aromatic heterocycles. The maximum atomic E-state index is 13.7. The van der Waals surface area contributed by atoms with Crippen LogP contribution in [0.4, 0.5) is 5.69 Å². The van der Waals surface area contributed by atoms with Gasteiger partial charge in [0, 0.05) is 30.0 Å². The van der Waals surface area contributed by atoms with Crippen LogP contribution in [0.15, 0.2) is 115 Å². The van der Waals surface area contributed by atoms with E-state index in [4.69, 9.17) is 4.74 Å². The number of carbonyl (C=O) groups excluding carboxylic acids is 2. The number of nitrogens with zero attached hydrogens (tertiary/aromatic N) is 1. The molecule has 3 fully saturated rings. The molecule has 3 aliphatic rings. The number of quaternary nitrogens is 1. The van der Waals surface area contributed by atoms with Gasteiger partial charge in [0.1, 0.15) is 13.1 Å². The maximum absolute atomic E-state index is 13.7. The third-order valence-electron chi connectivity index (χ3n) is 8.53. The van der Waals surface area contributed by atoms with Crippen LogP contribution in [0, 0.1) is 5.92 Å². The molecule has 3 saturated heterocycles. The van der Waals surface area contributed by atoms with Gasteiger partial charge in [-0.1, -0.05) is 97.1 Å². The second-order valence-electron chi connectivity index (χ2n) is 11.2. The summed E-state index contributed by atoms with van der Waals surface area (Å²) in [5.74, 6) is 0.221. The Kier molecular flexibility index (Phi) is 7.47. The molecule has 3 aliphatic heterocycles. The molecule has 3 heterocycles. The minimum absolute atomic E-state index is 0.149. The number of piperidine rings is 3. The summed E-state index contributed by atoms with van der Waals surface area (Å²) in [6.45, 7) is 3.02. The van der Waals surface area contributed by atoms with E-state index in [2.05, 4.69) is 17.4 Å². The average Bonchev–Trinajstić information content (AvgIpc) is 3.01. The standard InChI is InChI=1S/C35H35N2O3/c38-32(30-16-10-15-29(23-30)26-11-4-1-5-12-26)24-37-21-19-27(20-22-37)33(25-37)40-35(39)34(28-13-6-2-7-14-28)36-31-17-8-3-9-18-31/h1-18,23,27,33-34,36H,19-22,24-25H2/q+1/t27?,33-,34?,37?/m0/s1. The van der Waals surface area contributed by atoms with Crippen molar-refractivity contribution in [2.24, 2.45) is 5.92 Å². The van der Waals surface area contributed by atoms with Crippen LogP contribution in [0.1, 0.15) is 34.8 Å². The molecule has 0 aliphatic carbocycles. The van der Waals surface area contributed by atoms with Crippen LogP contribution >= 0.6 is 0 Å². The molecule has 2 bridgehead atoms. The van der Waals surface area contributed by atoms with Crippen molar-refractivity contribution in [1.29, 1.82) is 0 Å². The first-order valence-corrected chi connectivity index (χ1v) is 14.2. The Morgan fingerprint density at radius 2 is 1.40 bits per heavy atom. The van der Waals surface area contributed by atoms with Crippen LogP contribution in [-0.2, 0) is 9.53 Å². The van der Waals surface area contributed by atoms with Crippen molar-refractivity contribution in [2.75, 3.05) is 31.5 Å². The zero-order valence-electron chi connectivity index (χ0n) is 22.6. The van der Waals surface area contributed by atoms with Gasteiger partial charge < -0.3 is 14.5 Å². The fraction of sp³-hybridized carbons (Fsp3) is 0.257. The highest BCUT2D eigenvalue weighted by Gasteiger charge is 2.49. The van der Waals surface area contributed by atoms with E-state index in [1.807, 2.05) is 103 Å². The highest BCUT2D eigenvalue weighted by Crippen LogP contribution is 2.37. The molecule has 0 amide bonds. The Morgan fingerprint density at radius 1 is 0.775 bits per heavy atom. The molecule has 2 atom stereocenters. The molecule has 4 aromatic rings. The molecule has 40 heavy (non-hydrogen) atoms. The summed E-state index contributed by atoms with van der Waals surface area (Å²) in [4.78, 5) is 27.2. The number of benzene rings is 4. The van der Waals surface area contributed by atoms with Crippen molar-refractivity contribution in [1.82, 2.24) is 0 Å². The van der Waals surface area contributed by atoms with Crippen molar-refractivity contribution in [3.8, 4) is 11.1 Å². The van der Waals surface area contributed by atoms with Gasteiger partial charge in [0.2, 0.25) is 5.78 Å². The van der Waals surface area contributed by atoms with Crippen molar-refractivity contribution < 1.29 is 18.8 Å². The number of nitrogens with one attached hydrogen (secondary N) is 1. The third-order valence-corrected chi connectivity index (χ3v) is 8.53. The molecule has 1 unspecified atom stereocenters. The summed E-state index contributed by atoms with van der Waals surface area (Å²) < 4.78 is 6.96. The molecule has 7 rings (SSSR count). The fourth-order valence-corrected chi connectivity index (χ4v) is 6.32. The second-order valence-corrected chi connectivity index (χ2v) is 11.2. The molecular weight excluding hydrogens is 496 g/mol. The number of ketones is 1. The average molecular weight is 532 g/mol. The third kappa shape index (κ3) is 5.70. The predicted octanol–water partition coefficient (Wildman–Crippen LogP) is 6.54. The molecular formula is C35H35N2O3+. The van der Waals surface area contributed by atoms with Gasteiger partial charge in [0.05, 0.1) is 13.1 Å². The number of rotatable bonds is 9. The van der Waals surface area contributed by atoms with Crippen LogP contribution in [0.25, 0.3) is 11.1 Å². The number of hydrogen-bond donors (Lipinski definition) is 1. The zero-order chi connectivity index (χ0) is 27.4. The first kappa shape index (κ1) is 26.0. The number of Topliss-reactive ketones (excluding diaryl/α,β-unsaturated/α-hetero) is 1. The van der Waals surface area contributed by atoms with Crippen LogP contribution in [0.3, 0.4) is 0 Å². The van der Waals surface area contributed by atoms with Crippen LogP contribution < -0.4 is 5.32 Å². The normalized spacial score (nSPS) is 22.3. The number of esters is 1. The van der Waals surface area contributed by atoms with Gasteiger partial charge in [-0.2, -0.15) is 0 Å². The zero-order valence-corrected chi connectivity index (χ0v) is 22.6. The fourth-order valence-electron chi connectivity index (χ4n) is 6.32. The molecule has 0 spiro atoms. The monoisotopic (exact) mass is 531 g/mol. The lowest BCUT2D eigenvalue weighted by Gasteiger charge is -2.51. The van der Waals surface area contributed by atoms with Gasteiger partial charge in [-0.05, 0) is 34.9 Å². The van der Waals surface area contributed by atoms with Crippen LogP contribution in [0.2, 0.25) is 0 Å². The highest BCUT2D eigenvalue weighted by molar-refractivity contribution is 5.98. The maximum Gasteiger partial charge on any atom is 0.333 e. The Labute approximate surface area is 236 Å². The Hall–Kier alpha value is -4.22. The minimum atomic E-state index is -0.602. The predicted molar refractivity (Wildman–Crippen MR) is 158 cm³/mol. The molecule has 5 heteroatoms. The first-order chi connectivity index (χ1) is 19.6. The van der Waals surface area contributed by atoms with Gasteiger partial charge in [-0.15, -0.1) is 0 Å². The van der Waals surface area contributed by atoms with Crippen molar-refractivity contribution in [3.63, 3.8) is 0 Å². The molecule has 1 N–H and O–H groups in total. The molecule has 4 aromatic carbocycles. The molecule has 0 saturated carbocycles. The topological polar surface area (TPSA) is 55.4 Å². The van der Waals surface area contributed by atoms with E-state index >= 15 is 0 Å². The van der Waals surface area contributed by atoms with Gasteiger partial charge in [-0.3, -0.25) is 4.79 Å². The summed E-state index contributed by atoms with van der Waals surface area (Å²) in [5, 5.41) is 3.38. The van der Waals surface area contributed by atoms with E-state index in [0.717, 1.165) is 53.9 Å². The minimum Gasteiger partial charge on any atom is -0.454 e. The van der Waals surface area contributed by atoms with Gasteiger partial charge in [0.15, 0.2) is 12.1 Å². The highest BCUT2D eigenvalue weighted by atomic mass is 16.5. The summed E-state index contributed by atoms with van der Waals surface area (Å²) in [6.07, 6.45) is 1.75. The largest absolute Gasteiger partial charge is 0.454 e. The Bertz CT molecular complexity index is 1450. The van der Waals surface area contributed by atoms with E-state index in [1.54, 1.807) is 0 Å². The van der Waals surface area contributed by atoms with Gasteiger partial charge >= 0.3 is 5.97 Å². The Morgan fingerprint density at radius 3 is 2.10 bits per heavy atom. The lowest BCUT2D eigenvalue weighted by atomic mass is 9.82. The Balaban J connectivity index is 1.17. The molecule has 202 valence electrons. The quantitative estimate of drug-likeness (QED) is 0.151. The van der Waals surface area contributed by atoms with E-state index in [9.17, 15) is 9.59 Å². The lowest BCUT2D eigenvalue weighted by Crippen LogP contribution is -2.65. The second kappa shape index (κ2) is 11.5. The number of hydrogen-bond acceptors (Lipinski definition) is 4. The van der Waals surface area contributed by atoms with E-state index in [-0.39, 0.29) is 17.9 Å². The lowest BCUT2D eigenvalue weighted by molar-refractivity contribution is -0.938. The van der Waals surface area contributed by atoms with Gasteiger partial charge in [-0.25, -0.2) is 4.79 Å². The smallest absolute Gasteiger partial charge is 0.333 e. The van der Waals surface area contributed by atoms with Crippen LogP contribution in [0.5, 0.6) is 0 Å².